The van der Waals surface area contributed by atoms with Crippen molar-refractivity contribution in [3.05, 3.63) is 0 Å². The molecule has 0 aromatic carbocycles. The Balaban J connectivity index is 2.49. The number of amides is 1. The minimum absolute atomic E-state index is 0.0843. The fourth-order valence-corrected chi connectivity index (χ4v) is 2.62. The van der Waals surface area contributed by atoms with Crippen molar-refractivity contribution in [2.75, 3.05) is 33.4 Å². The van der Waals surface area contributed by atoms with Gasteiger partial charge in [0.1, 0.15) is 0 Å². The number of rotatable bonds is 7. The second kappa shape index (κ2) is 7.71. The van der Waals surface area contributed by atoms with E-state index in [0.29, 0.717) is 0 Å². The van der Waals surface area contributed by atoms with E-state index in [1.807, 2.05) is 0 Å². The van der Waals surface area contributed by atoms with Crippen LogP contribution < -0.4 is 10.6 Å². The van der Waals surface area contributed by atoms with Crippen LogP contribution >= 0.6 is 0 Å². The lowest BCUT2D eigenvalue weighted by Gasteiger charge is -2.36. The van der Waals surface area contributed by atoms with E-state index >= 15 is 0 Å². The quantitative estimate of drug-likeness (QED) is 0.613. The number of aliphatic hydroxyl groups is 1. The maximum atomic E-state index is 12.3. The van der Waals surface area contributed by atoms with Gasteiger partial charge in [0, 0.05) is 13.7 Å². The van der Waals surface area contributed by atoms with Gasteiger partial charge in [-0.15, -0.1) is 0 Å². The maximum Gasteiger partial charge on any atom is 0.226 e. The van der Waals surface area contributed by atoms with Crippen molar-refractivity contribution in [3.8, 4) is 0 Å². The number of nitrogens with one attached hydrogen (secondary N) is 2. The van der Waals surface area contributed by atoms with E-state index in [9.17, 15) is 9.90 Å². The van der Waals surface area contributed by atoms with E-state index < -0.39 is 6.10 Å². The summed E-state index contributed by atoms with van der Waals surface area (Å²) in [5.41, 5.74) is -0.243. The normalized spacial score (nSPS) is 20.4. The van der Waals surface area contributed by atoms with Gasteiger partial charge in [-0.25, -0.2) is 0 Å². The van der Waals surface area contributed by atoms with Gasteiger partial charge in [-0.1, -0.05) is 13.3 Å². The highest BCUT2D eigenvalue weighted by Gasteiger charge is 2.38. The summed E-state index contributed by atoms with van der Waals surface area (Å²) >= 11 is 0. The number of piperidine rings is 1. The predicted molar refractivity (Wildman–Crippen MR) is 70.3 cm³/mol. The summed E-state index contributed by atoms with van der Waals surface area (Å²) in [6, 6.07) is 0. The van der Waals surface area contributed by atoms with Crippen LogP contribution in [-0.2, 0) is 9.53 Å². The van der Waals surface area contributed by atoms with Gasteiger partial charge in [-0.2, -0.15) is 0 Å². The third-order valence-corrected chi connectivity index (χ3v) is 3.63. The zero-order valence-corrected chi connectivity index (χ0v) is 11.5. The zero-order valence-electron chi connectivity index (χ0n) is 11.5. The van der Waals surface area contributed by atoms with E-state index in [2.05, 4.69) is 17.6 Å². The Kier molecular flexibility index (Phi) is 6.60. The van der Waals surface area contributed by atoms with Gasteiger partial charge in [0.2, 0.25) is 5.91 Å². The highest BCUT2D eigenvalue weighted by molar-refractivity contribution is 5.82. The molecule has 18 heavy (non-hydrogen) atoms. The molecule has 1 heterocycles. The molecular weight excluding hydrogens is 232 g/mol. The first kappa shape index (κ1) is 15.4. The SMILES string of the molecule is CCCC1(C(=O)NCC(O)COC)CCNCC1. The summed E-state index contributed by atoms with van der Waals surface area (Å²) in [4.78, 5) is 12.3. The number of hydrogen-bond acceptors (Lipinski definition) is 4. The lowest BCUT2D eigenvalue weighted by Crippen LogP contribution is -2.49. The molecule has 1 aliphatic heterocycles. The zero-order chi connectivity index (χ0) is 13.4. The van der Waals surface area contributed by atoms with Crippen molar-refractivity contribution in [1.82, 2.24) is 10.6 Å². The standard InChI is InChI=1S/C13H26N2O3/c1-3-4-13(5-7-14-8-6-13)12(17)15-9-11(16)10-18-2/h11,14,16H,3-10H2,1-2H3,(H,15,17). The molecule has 0 aromatic heterocycles. The largest absolute Gasteiger partial charge is 0.389 e. The Morgan fingerprint density at radius 3 is 2.72 bits per heavy atom. The van der Waals surface area contributed by atoms with Crippen LogP contribution in [-0.4, -0.2) is 50.5 Å². The van der Waals surface area contributed by atoms with Crippen molar-refractivity contribution < 1.29 is 14.6 Å². The van der Waals surface area contributed by atoms with Gasteiger partial charge < -0.3 is 20.5 Å². The first-order chi connectivity index (χ1) is 8.64. The summed E-state index contributed by atoms with van der Waals surface area (Å²) in [6.07, 6.45) is 3.06. The molecule has 1 saturated heterocycles. The molecule has 0 saturated carbocycles. The third-order valence-electron chi connectivity index (χ3n) is 3.63. The minimum Gasteiger partial charge on any atom is -0.389 e. The molecule has 1 rings (SSSR count). The summed E-state index contributed by atoms with van der Waals surface area (Å²) in [5.74, 6) is 0.0843. The summed E-state index contributed by atoms with van der Waals surface area (Å²) in [6.45, 7) is 4.42. The first-order valence-electron chi connectivity index (χ1n) is 6.80. The molecule has 5 heteroatoms. The van der Waals surface area contributed by atoms with Gasteiger partial charge in [-0.05, 0) is 32.4 Å². The minimum atomic E-state index is -0.626. The second-order valence-electron chi connectivity index (χ2n) is 5.10. The lowest BCUT2D eigenvalue weighted by molar-refractivity contribution is -0.133. The first-order valence-corrected chi connectivity index (χ1v) is 6.80. The molecule has 5 nitrogen and oxygen atoms in total. The van der Waals surface area contributed by atoms with Gasteiger partial charge in [-0.3, -0.25) is 4.79 Å². The average molecular weight is 258 g/mol. The van der Waals surface area contributed by atoms with Crippen LogP contribution in [0.25, 0.3) is 0 Å². The number of methoxy groups -OCH3 is 1. The van der Waals surface area contributed by atoms with Gasteiger partial charge in [0.15, 0.2) is 0 Å². The Morgan fingerprint density at radius 1 is 1.50 bits per heavy atom. The smallest absolute Gasteiger partial charge is 0.226 e. The average Bonchev–Trinajstić information content (AvgIpc) is 2.38. The van der Waals surface area contributed by atoms with Crippen molar-refractivity contribution in [2.24, 2.45) is 5.41 Å². The summed E-state index contributed by atoms with van der Waals surface area (Å²) in [7, 11) is 1.54. The summed E-state index contributed by atoms with van der Waals surface area (Å²) < 4.78 is 4.84. The molecular formula is C13H26N2O3. The van der Waals surface area contributed by atoms with Crippen LogP contribution in [0.3, 0.4) is 0 Å². The third kappa shape index (κ3) is 4.23. The number of hydrogen-bond donors (Lipinski definition) is 3. The number of aliphatic hydroxyl groups excluding tert-OH is 1. The molecule has 0 bridgehead atoms. The van der Waals surface area contributed by atoms with E-state index in [1.165, 1.54) is 7.11 Å². The molecule has 1 fully saturated rings. The molecule has 0 radical (unpaired) electrons. The van der Waals surface area contributed by atoms with Crippen LogP contribution in [0.4, 0.5) is 0 Å². The highest BCUT2D eigenvalue weighted by Crippen LogP contribution is 2.34. The monoisotopic (exact) mass is 258 g/mol. The van der Waals surface area contributed by atoms with E-state index in [-0.39, 0.29) is 24.5 Å². The van der Waals surface area contributed by atoms with Crippen LogP contribution in [0.2, 0.25) is 0 Å². The Labute approximate surface area is 109 Å². The fourth-order valence-electron chi connectivity index (χ4n) is 2.62. The molecule has 3 N–H and O–H groups in total. The fraction of sp³-hybridized carbons (Fsp3) is 0.923. The van der Waals surface area contributed by atoms with Crippen LogP contribution in [0.5, 0.6) is 0 Å². The lowest BCUT2D eigenvalue weighted by atomic mass is 9.74. The van der Waals surface area contributed by atoms with E-state index in [4.69, 9.17) is 4.74 Å². The second-order valence-corrected chi connectivity index (χ2v) is 5.10. The molecule has 0 spiro atoms. The van der Waals surface area contributed by atoms with Crippen molar-refractivity contribution in [1.29, 1.82) is 0 Å². The van der Waals surface area contributed by atoms with Crippen LogP contribution in [0.15, 0.2) is 0 Å². The Hall–Kier alpha value is -0.650. The molecule has 0 aromatic rings. The molecule has 0 aliphatic carbocycles. The van der Waals surface area contributed by atoms with Crippen molar-refractivity contribution in [3.63, 3.8) is 0 Å². The van der Waals surface area contributed by atoms with Gasteiger partial charge >= 0.3 is 0 Å². The molecule has 1 amide bonds. The van der Waals surface area contributed by atoms with E-state index in [1.54, 1.807) is 0 Å². The number of carbonyl (C=O) groups is 1. The molecule has 1 atom stereocenters. The Bertz CT molecular complexity index is 247. The molecule has 1 unspecified atom stereocenters. The van der Waals surface area contributed by atoms with Gasteiger partial charge in [0.05, 0.1) is 18.1 Å². The van der Waals surface area contributed by atoms with Gasteiger partial charge in [0.25, 0.3) is 0 Å². The maximum absolute atomic E-state index is 12.3. The van der Waals surface area contributed by atoms with Crippen molar-refractivity contribution in [2.45, 2.75) is 38.7 Å². The van der Waals surface area contributed by atoms with Crippen molar-refractivity contribution >= 4 is 5.91 Å². The molecule has 106 valence electrons. The molecule has 1 aliphatic rings. The number of carbonyl (C=O) groups excluding carboxylic acids is 1. The topological polar surface area (TPSA) is 70.6 Å². The number of ether oxygens (including phenoxy) is 1. The van der Waals surface area contributed by atoms with E-state index in [0.717, 1.165) is 38.8 Å². The summed E-state index contributed by atoms with van der Waals surface area (Å²) in [5, 5.41) is 15.7. The highest BCUT2D eigenvalue weighted by atomic mass is 16.5. The van der Waals surface area contributed by atoms with Crippen LogP contribution in [0, 0.1) is 5.41 Å². The Morgan fingerprint density at radius 2 is 2.17 bits per heavy atom. The predicted octanol–water partition coefficient (Wildman–Crippen LogP) is 0.280. The van der Waals surface area contributed by atoms with Crippen LogP contribution in [0.1, 0.15) is 32.6 Å².